The summed E-state index contributed by atoms with van der Waals surface area (Å²) in [7, 11) is 0. The van der Waals surface area contributed by atoms with Gasteiger partial charge in [0.1, 0.15) is 5.82 Å². The Bertz CT molecular complexity index is 1090. The number of aromatic nitrogens is 3. The lowest BCUT2D eigenvalue weighted by atomic mass is 9.92. The molecule has 0 spiro atoms. The van der Waals surface area contributed by atoms with Crippen molar-refractivity contribution < 1.29 is 8.76 Å². The average molecular weight is 426 g/mol. The van der Waals surface area contributed by atoms with Crippen molar-refractivity contribution in [2.45, 2.75) is 44.2 Å². The molecule has 4 rings (SSSR count). The van der Waals surface area contributed by atoms with Crippen LogP contribution in [0.4, 0.5) is 5.95 Å². The molecule has 0 saturated heterocycles. The number of benzene rings is 1. The SMILES string of the molecule is N#CCc1cccc2c1ccn2-c1ccnc(NC2CCC(NNS(=O)O)CC2)n1. The van der Waals surface area contributed by atoms with Gasteiger partial charge in [0, 0.05) is 29.9 Å². The molecule has 4 N–H and O–H groups in total. The van der Waals surface area contributed by atoms with E-state index in [1.165, 1.54) is 0 Å². The molecular formula is C20H23N7O2S. The fourth-order valence-corrected chi connectivity index (χ4v) is 4.19. The first-order chi connectivity index (χ1) is 14.6. The molecule has 1 saturated carbocycles. The predicted octanol–water partition coefficient (Wildman–Crippen LogP) is 2.44. The molecule has 1 atom stereocenters. The van der Waals surface area contributed by atoms with E-state index in [0.717, 1.165) is 48.0 Å². The van der Waals surface area contributed by atoms with Crippen molar-refractivity contribution >= 4 is 28.1 Å². The Kier molecular flexibility index (Phi) is 6.35. The highest BCUT2D eigenvalue weighted by Gasteiger charge is 2.22. The van der Waals surface area contributed by atoms with Crippen LogP contribution in [-0.4, -0.2) is 35.4 Å². The van der Waals surface area contributed by atoms with E-state index >= 15 is 0 Å². The molecule has 2 heterocycles. The summed E-state index contributed by atoms with van der Waals surface area (Å²) in [5, 5.41) is 13.5. The van der Waals surface area contributed by atoms with E-state index in [9.17, 15) is 4.21 Å². The summed E-state index contributed by atoms with van der Waals surface area (Å²) in [4.78, 5) is 11.4. The number of anilines is 1. The number of nitrogens with one attached hydrogen (secondary N) is 3. The molecule has 30 heavy (non-hydrogen) atoms. The Labute approximate surface area is 176 Å². The summed E-state index contributed by atoms with van der Waals surface area (Å²) < 4.78 is 21.5. The Morgan fingerprint density at radius 2 is 2.00 bits per heavy atom. The lowest BCUT2D eigenvalue weighted by Crippen LogP contribution is -2.44. The maximum Gasteiger partial charge on any atom is 0.245 e. The summed E-state index contributed by atoms with van der Waals surface area (Å²) in [5.74, 6) is 1.34. The Morgan fingerprint density at radius 3 is 2.77 bits per heavy atom. The van der Waals surface area contributed by atoms with Gasteiger partial charge in [-0.25, -0.2) is 14.6 Å². The van der Waals surface area contributed by atoms with Crippen LogP contribution in [0.15, 0.2) is 42.7 Å². The van der Waals surface area contributed by atoms with Gasteiger partial charge in [-0.2, -0.15) is 15.1 Å². The monoisotopic (exact) mass is 425 g/mol. The number of nitriles is 1. The van der Waals surface area contributed by atoms with Crippen molar-refractivity contribution in [3.8, 4) is 11.9 Å². The second kappa shape index (κ2) is 9.32. The molecule has 2 aromatic heterocycles. The van der Waals surface area contributed by atoms with Gasteiger partial charge < -0.3 is 9.88 Å². The molecule has 0 radical (unpaired) electrons. The van der Waals surface area contributed by atoms with Gasteiger partial charge >= 0.3 is 0 Å². The minimum Gasteiger partial charge on any atom is -0.351 e. The lowest BCUT2D eigenvalue weighted by molar-refractivity contribution is 0.342. The molecule has 1 unspecified atom stereocenters. The van der Waals surface area contributed by atoms with Crippen LogP contribution < -0.4 is 15.6 Å². The number of hydrogen-bond donors (Lipinski definition) is 4. The van der Waals surface area contributed by atoms with E-state index < -0.39 is 11.3 Å². The van der Waals surface area contributed by atoms with Crippen LogP contribution in [0, 0.1) is 11.3 Å². The molecule has 10 heteroatoms. The van der Waals surface area contributed by atoms with Gasteiger partial charge in [-0.1, -0.05) is 12.1 Å². The normalized spacial score (nSPS) is 20.0. The zero-order chi connectivity index (χ0) is 20.9. The zero-order valence-corrected chi connectivity index (χ0v) is 17.1. The first-order valence-electron chi connectivity index (χ1n) is 9.82. The van der Waals surface area contributed by atoms with Gasteiger partial charge in [-0.3, -0.25) is 4.55 Å². The van der Waals surface area contributed by atoms with Gasteiger partial charge in [0.25, 0.3) is 0 Å². The van der Waals surface area contributed by atoms with Crippen LogP contribution in [0.3, 0.4) is 0 Å². The first kappa shape index (κ1) is 20.4. The molecule has 156 valence electrons. The minimum atomic E-state index is -2.05. The third kappa shape index (κ3) is 4.66. The maximum atomic E-state index is 10.7. The summed E-state index contributed by atoms with van der Waals surface area (Å²) in [6.45, 7) is 0. The van der Waals surface area contributed by atoms with Gasteiger partial charge in [0.15, 0.2) is 0 Å². The highest BCUT2D eigenvalue weighted by atomic mass is 32.2. The van der Waals surface area contributed by atoms with E-state index in [1.807, 2.05) is 41.1 Å². The molecule has 0 bridgehead atoms. The average Bonchev–Trinajstić information content (AvgIpc) is 3.19. The number of nitrogens with zero attached hydrogens (tertiary/aromatic N) is 4. The summed E-state index contributed by atoms with van der Waals surface area (Å²) >= 11 is -2.05. The van der Waals surface area contributed by atoms with Crippen molar-refractivity contribution in [3.05, 3.63) is 48.3 Å². The van der Waals surface area contributed by atoms with E-state index in [-0.39, 0.29) is 12.1 Å². The van der Waals surface area contributed by atoms with Crippen LogP contribution in [0.1, 0.15) is 31.2 Å². The topological polar surface area (TPSA) is 128 Å². The van der Waals surface area contributed by atoms with Crippen LogP contribution >= 0.6 is 0 Å². The second-order valence-electron chi connectivity index (χ2n) is 7.30. The van der Waals surface area contributed by atoms with Crippen molar-refractivity contribution in [2.75, 3.05) is 5.32 Å². The summed E-state index contributed by atoms with van der Waals surface area (Å²) in [5.41, 5.74) is 4.89. The van der Waals surface area contributed by atoms with Gasteiger partial charge in [0.2, 0.25) is 17.2 Å². The Balaban J connectivity index is 1.45. The van der Waals surface area contributed by atoms with Crippen LogP contribution in [-0.2, 0) is 17.7 Å². The standard InChI is InChI=1S/C20H23N7O2S/c21-11-8-14-2-1-3-18-17(14)10-13-27(18)19-9-12-22-20(24-19)23-15-4-6-16(7-5-15)25-26-30(28)29/h1-3,9-10,12-13,15-16,25-26H,4-8H2,(H,28,29)(H,22,23,24). The Hall–Kier alpha value is -2.84. The number of rotatable bonds is 7. The highest BCUT2D eigenvalue weighted by Crippen LogP contribution is 2.24. The third-order valence-corrected chi connectivity index (χ3v) is 5.68. The van der Waals surface area contributed by atoms with E-state index in [4.69, 9.17) is 9.81 Å². The van der Waals surface area contributed by atoms with Crippen LogP contribution in [0.25, 0.3) is 16.7 Å². The highest BCUT2D eigenvalue weighted by molar-refractivity contribution is 7.77. The van der Waals surface area contributed by atoms with Crippen LogP contribution in [0.2, 0.25) is 0 Å². The third-order valence-electron chi connectivity index (χ3n) is 5.39. The second-order valence-corrected chi connectivity index (χ2v) is 8.00. The molecule has 1 aliphatic rings. The molecular weight excluding hydrogens is 402 g/mol. The molecule has 0 aliphatic heterocycles. The van der Waals surface area contributed by atoms with Crippen molar-refractivity contribution in [3.63, 3.8) is 0 Å². The lowest BCUT2D eigenvalue weighted by Gasteiger charge is -2.29. The molecule has 1 fully saturated rings. The summed E-state index contributed by atoms with van der Waals surface area (Å²) in [6.07, 6.45) is 7.66. The van der Waals surface area contributed by atoms with Crippen molar-refractivity contribution in [2.24, 2.45) is 0 Å². The number of fused-ring (bicyclic) bond motifs is 1. The minimum absolute atomic E-state index is 0.167. The first-order valence-corrected chi connectivity index (χ1v) is 10.9. The van der Waals surface area contributed by atoms with E-state index in [2.05, 4.69) is 31.6 Å². The molecule has 9 nitrogen and oxygen atoms in total. The van der Waals surface area contributed by atoms with Crippen molar-refractivity contribution in [1.82, 2.24) is 24.8 Å². The van der Waals surface area contributed by atoms with Gasteiger partial charge in [-0.05, 0) is 49.4 Å². The van der Waals surface area contributed by atoms with E-state index in [1.54, 1.807) is 6.20 Å². The molecule has 3 aromatic rings. The predicted molar refractivity (Wildman–Crippen MR) is 115 cm³/mol. The molecule has 1 aliphatic carbocycles. The summed E-state index contributed by atoms with van der Waals surface area (Å²) in [6, 6.07) is 12.5. The quantitative estimate of drug-likeness (QED) is 0.338. The van der Waals surface area contributed by atoms with Gasteiger partial charge in [0.05, 0.1) is 18.0 Å². The largest absolute Gasteiger partial charge is 0.351 e. The Morgan fingerprint density at radius 1 is 1.20 bits per heavy atom. The van der Waals surface area contributed by atoms with Crippen molar-refractivity contribution in [1.29, 1.82) is 5.26 Å². The van der Waals surface area contributed by atoms with Crippen LogP contribution in [0.5, 0.6) is 0 Å². The maximum absolute atomic E-state index is 10.7. The fourth-order valence-electron chi connectivity index (χ4n) is 3.92. The molecule has 0 amide bonds. The van der Waals surface area contributed by atoms with E-state index in [0.29, 0.717) is 12.4 Å². The smallest absolute Gasteiger partial charge is 0.245 e. The molecule has 1 aromatic carbocycles. The fraction of sp³-hybridized carbons (Fsp3) is 0.350. The van der Waals surface area contributed by atoms with Gasteiger partial charge in [-0.15, -0.1) is 0 Å². The number of hydrogen-bond acceptors (Lipinski definition) is 6. The number of hydrazine groups is 1. The zero-order valence-electron chi connectivity index (χ0n) is 16.3.